The van der Waals surface area contributed by atoms with Crippen LogP contribution in [0, 0.1) is 5.41 Å². The Morgan fingerprint density at radius 2 is 1.00 bits per heavy atom. The van der Waals surface area contributed by atoms with Crippen LogP contribution >= 0.6 is 0 Å². The van der Waals surface area contributed by atoms with Gasteiger partial charge in [-0.3, -0.25) is 0 Å². The largest absolute Gasteiger partial charge is 0.478 e. The highest BCUT2D eigenvalue weighted by molar-refractivity contribution is 5.79. The summed E-state index contributed by atoms with van der Waals surface area (Å²) in [5.74, 6) is -1.96. The monoisotopic (exact) mass is 216 g/mol. The van der Waals surface area contributed by atoms with Crippen molar-refractivity contribution in [3.05, 3.63) is 25.3 Å². The summed E-state index contributed by atoms with van der Waals surface area (Å²) in [4.78, 5) is 18.5. The van der Waals surface area contributed by atoms with E-state index < -0.39 is 11.9 Å². The van der Waals surface area contributed by atoms with Gasteiger partial charge in [0.25, 0.3) is 0 Å². The molecule has 0 aromatic carbocycles. The normalized spacial score (nSPS) is 8.27. The molecule has 0 aliphatic heterocycles. The summed E-state index contributed by atoms with van der Waals surface area (Å²) >= 11 is 0. The van der Waals surface area contributed by atoms with Crippen molar-refractivity contribution in [1.29, 1.82) is 0 Å². The molecule has 0 aromatic rings. The first-order chi connectivity index (χ1) is 6.54. The van der Waals surface area contributed by atoms with E-state index in [9.17, 15) is 9.59 Å². The topological polar surface area (TPSA) is 74.6 Å². The Morgan fingerprint density at radius 3 is 1.00 bits per heavy atom. The molecule has 0 bridgehead atoms. The highest BCUT2D eigenvalue weighted by atomic mass is 16.4. The molecule has 0 atom stereocenters. The first kappa shape index (κ1) is 19.1. The molecule has 88 valence electrons. The van der Waals surface area contributed by atoms with Crippen LogP contribution in [0.15, 0.2) is 25.3 Å². The minimum Gasteiger partial charge on any atom is -0.478 e. The third-order valence-electron chi connectivity index (χ3n) is 0.349. The van der Waals surface area contributed by atoms with Crippen molar-refractivity contribution < 1.29 is 19.8 Å². The van der Waals surface area contributed by atoms with Crippen molar-refractivity contribution in [2.75, 3.05) is 0 Å². The van der Waals surface area contributed by atoms with Gasteiger partial charge in [-0.1, -0.05) is 40.9 Å². The van der Waals surface area contributed by atoms with Gasteiger partial charge in [-0.25, -0.2) is 9.59 Å². The van der Waals surface area contributed by atoms with Gasteiger partial charge in [-0.15, -0.1) is 0 Å². The number of rotatable bonds is 2. The van der Waals surface area contributed by atoms with E-state index in [1.165, 1.54) is 0 Å². The molecule has 0 saturated heterocycles. The van der Waals surface area contributed by atoms with Crippen molar-refractivity contribution in [3.8, 4) is 0 Å². The zero-order valence-electron chi connectivity index (χ0n) is 9.78. The smallest absolute Gasteiger partial charge is 0.327 e. The van der Waals surface area contributed by atoms with Crippen molar-refractivity contribution in [2.24, 2.45) is 5.41 Å². The summed E-state index contributed by atoms with van der Waals surface area (Å²) in [5.41, 5.74) is 0.500. The number of carboxylic acids is 2. The fraction of sp³-hybridized carbons (Fsp3) is 0.455. The van der Waals surface area contributed by atoms with Crippen LogP contribution in [-0.4, -0.2) is 22.2 Å². The second-order valence-corrected chi connectivity index (χ2v) is 4.08. The molecule has 0 radical (unpaired) electrons. The molecule has 2 N–H and O–H groups in total. The van der Waals surface area contributed by atoms with Crippen molar-refractivity contribution in [3.63, 3.8) is 0 Å². The molecule has 0 aliphatic carbocycles. The van der Waals surface area contributed by atoms with Crippen LogP contribution in [0.25, 0.3) is 0 Å². The maximum atomic E-state index is 9.25. The summed E-state index contributed by atoms with van der Waals surface area (Å²) in [5, 5.41) is 15.2. The lowest BCUT2D eigenvalue weighted by atomic mass is 10.0. The second-order valence-electron chi connectivity index (χ2n) is 4.08. The molecule has 4 nitrogen and oxygen atoms in total. The molecule has 0 rings (SSSR count). The van der Waals surface area contributed by atoms with E-state index in [1.807, 2.05) is 0 Å². The summed E-state index contributed by atoms with van der Waals surface area (Å²) in [6.45, 7) is 14.7. The van der Waals surface area contributed by atoms with Gasteiger partial charge in [0, 0.05) is 12.2 Å². The van der Waals surface area contributed by atoms with Gasteiger partial charge < -0.3 is 10.2 Å². The molecule has 0 heterocycles. The Balaban J connectivity index is -0.000000144. The molecule has 0 fully saturated rings. The quantitative estimate of drug-likeness (QED) is 0.696. The highest BCUT2D eigenvalue weighted by Gasteiger charge is 1.95. The average molecular weight is 216 g/mol. The van der Waals surface area contributed by atoms with Crippen LogP contribution in [0.1, 0.15) is 27.7 Å². The summed E-state index contributed by atoms with van der Waals surface area (Å²) in [6, 6.07) is 0. The van der Waals surface area contributed by atoms with Crippen LogP contribution in [-0.2, 0) is 9.59 Å². The van der Waals surface area contributed by atoms with Gasteiger partial charge in [0.15, 0.2) is 0 Å². The second kappa shape index (κ2) is 10.5. The molecule has 0 aromatic heterocycles. The fourth-order valence-electron chi connectivity index (χ4n) is 0. The molecule has 15 heavy (non-hydrogen) atoms. The Kier molecular flexibility index (Phi) is 13.3. The molecule has 0 unspecified atom stereocenters. The third kappa shape index (κ3) is 230. The highest BCUT2D eigenvalue weighted by Crippen LogP contribution is 2.07. The third-order valence-corrected chi connectivity index (χ3v) is 0.349. The van der Waals surface area contributed by atoms with Crippen molar-refractivity contribution in [1.82, 2.24) is 0 Å². The van der Waals surface area contributed by atoms with Gasteiger partial charge in [0.05, 0.1) is 0 Å². The first-order valence-electron chi connectivity index (χ1n) is 4.25. The van der Waals surface area contributed by atoms with E-state index >= 15 is 0 Å². The first-order valence-corrected chi connectivity index (χ1v) is 4.25. The predicted octanol–water partition coefficient (Wildman–Crippen LogP) is 2.57. The Morgan fingerprint density at radius 1 is 0.933 bits per heavy atom. The van der Waals surface area contributed by atoms with E-state index in [0.29, 0.717) is 5.41 Å². The number of carbonyl (C=O) groups is 2. The Bertz CT molecular complexity index is 187. The lowest BCUT2D eigenvalue weighted by molar-refractivity contribution is -0.132. The van der Waals surface area contributed by atoms with Gasteiger partial charge in [0.1, 0.15) is 0 Å². The number of hydrogen-bond donors (Lipinski definition) is 2. The van der Waals surface area contributed by atoms with Crippen LogP contribution in [0.4, 0.5) is 0 Å². The number of aliphatic carboxylic acids is 2. The van der Waals surface area contributed by atoms with Crippen LogP contribution < -0.4 is 0 Å². The molecule has 0 spiro atoms. The van der Waals surface area contributed by atoms with Crippen LogP contribution in [0.5, 0.6) is 0 Å². The maximum Gasteiger partial charge on any atom is 0.327 e. The fourth-order valence-corrected chi connectivity index (χ4v) is 0. The van der Waals surface area contributed by atoms with E-state index in [-0.39, 0.29) is 0 Å². The zero-order chi connectivity index (χ0) is 13.1. The molecule has 0 saturated carbocycles. The SMILES string of the molecule is C=CC(=O)O.C=CC(=O)O.CC(C)(C)C. The number of hydrogen-bond acceptors (Lipinski definition) is 2. The lowest BCUT2D eigenvalue weighted by Gasteiger charge is -2.05. The van der Waals surface area contributed by atoms with Crippen LogP contribution in [0.2, 0.25) is 0 Å². The summed E-state index contributed by atoms with van der Waals surface area (Å²) in [7, 11) is 0. The van der Waals surface area contributed by atoms with Gasteiger partial charge in [-0.2, -0.15) is 0 Å². The lowest BCUT2D eigenvalue weighted by Crippen LogP contribution is -1.93. The standard InChI is InChI=1S/C5H12.2C3H4O2/c1-5(2,3)4;2*1-2-3(4)5/h1-4H3;2*2H,1H2,(H,4,5). The van der Waals surface area contributed by atoms with Crippen molar-refractivity contribution >= 4 is 11.9 Å². The maximum absolute atomic E-state index is 9.25. The zero-order valence-corrected chi connectivity index (χ0v) is 9.78. The summed E-state index contributed by atoms with van der Waals surface area (Å²) in [6.07, 6.45) is 1.67. The van der Waals surface area contributed by atoms with Crippen LogP contribution in [0.3, 0.4) is 0 Å². The minimum atomic E-state index is -0.981. The molecule has 4 heteroatoms. The van der Waals surface area contributed by atoms with E-state index in [1.54, 1.807) is 0 Å². The number of carboxylic acid groups (broad SMARTS) is 2. The molecular formula is C11H20O4. The molecular weight excluding hydrogens is 196 g/mol. The minimum absolute atomic E-state index is 0.500. The Hall–Kier alpha value is -1.58. The van der Waals surface area contributed by atoms with E-state index in [4.69, 9.17) is 10.2 Å². The van der Waals surface area contributed by atoms with Gasteiger partial charge in [-0.05, 0) is 5.41 Å². The average Bonchev–Trinajstić information content (AvgIpc) is 2.02. The Labute approximate surface area is 90.9 Å². The van der Waals surface area contributed by atoms with E-state index in [0.717, 1.165) is 12.2 Å². The van der Waals surface area contributed by atoms with Gasteiger partial charge >= 0.3 is 11.9 Å². The molecule has 0 aliphatic rings. The summed E-state index contributed by atoms with van der Waals surface area (Å²) < 4.78 is 0. The van der Waals surface area contributed by atoms with Crippen molar-refractivity contribution in [2.45, 2.75) is 27.7 Å². The van der Waals surface area contributed by atoms with E-state index in [2.05, 4.69) is 40.9 Å². The predicted molar refractivity (Wildman–Crippen MR) is 60.8 cm³/mol. The molecule has 0 amide bonds. The van der Waals surface area contributed by atoms with Gasteiger partial charge in [0.2, 0.25) is 0 Å².